The van der Waals surface area contributed by atoms with Crippen LogP contribution in [0.3, 0.4) is 0 Å². The molecule has 0 saturated heterocycles. The molecule has 0 aliphatic heterocycles. The molecule has 0 unspecified atom stereocenters. The van der Waals surface area contributed by atoms with Crippen molar-refractivity contribution in [1.29, 1.82) is 10.5 Å². The summed E-state index contributed by atoms with van der Waals surface area (Å²) in [4.78, 5) is 0. The first-order chi connectivity index (χ1) is 12.3. The predicted octanol–water partition coefficient (Wildman–Crippen LogP) is 5.53. The van der Waals surface area contributed by atoms with Gasteiger partial charge in [0.05, 0.1) is 11.1 Å². The molecule has 4 aromatic carbocycles. The van der Waals surface area contributed by atoms with Crippen LogP contribution in [-0.2, 0) is 0 Å². The van der Waals surface area contributed by atoms with E-state index in [1.165, 1.54) is 0 Å². The molecule has 0 amide bonds. The molecule has 0 aliphatic rings. The van der Waals surface area contributed by atoms with Crippen LogP contribution in [-0.4, -0.2) is 0 Å². The first-order valence-electron chi connectivity index (χ1n) is 7.83. The van der Waals surface area contributed by atoms with Gasteiger partial charge in [0.2, 0.25) is 0 Å². The molecule has 0 aliphatic carbocycles. The van der Waals surface area contributed by atoms with Crippen LogP contribution in [0.1, 0.15) is 11.1 Å². The van der Waals surface area contributed by atoms with E-state index in [0.717, 1.165) is 21.5 Å². The normalized spacial score (nSPS) is 10.3. The van der Waals surface area contributed by atoms with Crippen molar-refractivity contribution in [2.45, 2.75) is 0 Å². The van der Waals surface area contributed by atoms with Crippen molar-refractivity contribution < 1.29 is 4.74 Å². The first kappa shape index (κ1) is 14.8. The van der Waals surface area contributed by atoms with Crippen molar-refractivity contribution in [3.05, 3.63) is 83.9 Å². The Morgan fingerprint density at radius 3 is 1.44 bits per heavy atom. The molecule has 4 rings (SSSR count). The van der Waals surface area contributed by atoms with Gasteiger partial charge in [0.15, 0.2) is 11.5 Å². The molecule has 3 nitrogen and oxygen atoms in total. The Labute approximate surface area is 144 Å². The Morgan fingerprint density at radius 2 is 1.00 bits per heavy atom. The lowest BCUT2D eigenvalue weighted by molar-refractivity contribution is 0.491. The van der Waals surface area contributed by atoms with Gasteiger partial charge in [-0.3, -0.25) is 0 Å². The molecule has 0 atom stereocenters. The topological polar surface area (TPSA) is 56.8 Å². The molecule has 25 heavy (non-hydrogen) atoms. The zero-order valence-electron chi connectivity index (χ0n) is 13.2. The summed E-state index contributed by atoms with van der Waals surface area (Å²) in [5, 5.41) is 22.7. The van der Waals surface area contributed by atoms with E-state index in [0.29, 0.717) is 22.6 Å². The average Bonchev–Trinajstić information content (AvgIpc) is 2.68. The van der Waals surface area contributed by atoms with E-state index < -0.39 is 0 Å². The molecular formula is C22H12N2O. The van der Waals surface area contributed by atoms with Gasteiger partial charge in [0.25, 0.3) is 0 Å². The highest BCUT2D eigenvalue weighted by molar-refractivity contribution is 5.94. The highest BCUT2D eigenvalue weighted by atomic mass is 16.5. The highest BCUT2D eigenvalue weighted by Crippen LogP contribution is 2.38. The maximum atomic E-state index is 9.50. The minimum Gasteiger partial charge on any atom is -0.453 e. The van der Waals surface area contributed by atoms with Crippen molar-refractivity contribution in [2.75, 3.05) is 0 Å². The summed E-state index contributed by atoms with van der Waals surface area (Å²) in [5.74, 6) is 0.960. The summed E-state index contributed by atoms with van der Waals surface area (Å²) in [6.45, 7) is 0. The first-order valence-corrected chi connectivity index (χ1v) is 7.83. The van der Waals surface area contributed by atoms with E-state index in [9.17, 15) is 10.5 Å². The number of fused-ring (bicyclic) bond motifs is 2. The third kappa shape index (κ3) is 2.45. The molecule has 0 saturated carbocycles. The number of benzene rings is 4. The maximum Gasteiger partial charge on any atom is 0.153 e. The lowest BCUT2D eigenvalue weighted by atomic mass is 10.0. The molecule has 0 bridgehead atoms. The van der Waals surface area contributed by atoms with Crippen LogP contribution in [0.25, 0.3) is 21.5 Å². The van der Waals surface area contributed by atoms with Crippen LogP contribution in [0.2, 0.25) is 0 Å². The number of hydrogen-bond donors (Lipinski definition) is 0. The molecule has 0 heterocycles. The number of nitrogens with zero attached hydrogens (tertiary/aromatic N) is 2. The number of ether oxygens (including phenoxy) is 1. The van der Waals surface area contributed by atoms with E-state index in [-0.39, 0.29) is 0 Å². The summed E-state index contributed by atoms with van der Waals surface area (Å²) in [6.07, 6.45) is 0. The molecule has 0 fully saturated rings. The third-order valence-corrected chi connectivity index (χ3v) is 4.20. The highest BCUT2D eigenvalue weighted by Gasteiger charge is 2.15. The minimum absolute atomic E-state index is 0.440. The van der Waals surface area contributed by atoms with E-state index in [1.54, 1.807) is 12.1 Å². The second kappa shape index (κ2) is 6.00. The van der Waals surface area contributed by atoms with Gasteiger partial charge in [-0.25, -0.2) is 0 Å². The molecule has 0 aromatic heterocycles. The second-order valence-corrected chi connectivity index (χ2v) is 5.65. The number of hydrogen-bond acceptors (Lipinski definition) is 3. The Hall–Kier alpha value is -3.82. The quantitative estimate of drug-likeness (QED) is 0.488. The maximum absolute atomic E-state index is 9.50. The second-order valence-electron chi connectivity index (χ2n) is 5.65. The lowest BCUT2D eigenvalue weighted by Crippen LogP contribution is -1.94. The monoisotopic (exact) mass is 320 g/mol. The van der Waals surface area contributed by atoms with E-state index in [2.05, 4.69) is 12.1 Å². The fourth-order valence-corrected chi connectivity index (χ4v) is 2.98. The molecule has 116 valence electrons. The molecule has 0 N–H and O–H groups in total. The third-order valence-electron chi connectivity index (χ3n) is 4.20. The van der Waals surface area contributed by atoms with Gasteiger partial charge in [-0.2, -0.15) is 10.5 Å². The van der Waals surface area contributed by atoms with Gasteiger partial charge in [-0.05, 0) is 22.9 Å². The molecule has 3 heteroatoms. The Kier molecular flexibility index (Phi) is 3.54. The van der Waals surface area contributed by atoms with Crippen LogP contribution in [0.5, 0.6) is 11.5 Å². The van der Waals surface area contributed by atoms with Crippen LogP contribution in [0.4, 0.5) is 0 Å². The smallest absolute Gasteiger partial charge is 0.153 e. The van der Waals surface area contributed by atoms with Gasteiger partial charge < -0.3 is 4.74 Å². The van der Waals surface area contributed by atoms with Crippen LogP contribution < -0.4 is 4.74 Å². The number of nitriles is 2. The predicted molar refractivity (Wildman–Crippen MR) is 97.4 cm³/mol. The fourth-order valence-electron chi connectivity index (χ4n) is 2.98. The zero-order chi connectivity index (χ0) is 17.2. The molecule has 4 aromatic rings. The summed E-state index contributed by atoms with van der Waals surface area (Å²) in [6, 6.07) is 27.1. The zero-order valence-corrected chi connectivity index (χ0v) is 13.2. The summed E-state index contributed by atoms with van der Waals surface area (Å²) in [5.41, 5.74) is 0.881. The summed E-state index contributed by atoms with van der Waals surface area (Å²) < 4.78 is 6.20. The standard InChI is InChI=1S/C22H12N2O/c23-13-17-11-9-15-5-1-3-7-19(15)21(17)25-22-18(14-24)12-10-16-6-2-4-8-20(16)22/h1-12H. The molecule has 0 radical (unpaired) electrons. The summed E-state index contributed by atoms with van der Waals surface area (Å²) in [7, 11) is 0. The van der Waals surface area contributed by atoms with E-state index >= 15 is 0 Å². The molecule has 0 spiro atoms. The Balaban J connectivity index is 2.01. The van der Waals surface area contributed by atoms with Crippen LogP contribution in [0, 0.1) is 22.7 Å². The summed E-state index contributed by atoms with van der Waals surface area (Å²) >= 11 is 0. The van der Waals surface area contributed by atoms with Gasteiger partial charge in [-0.15, -0.1) is 0 Å². The van der Waals surface area contributed by atoms with Crippen molar-refractivity contribution in [3.8, 4) is 23.6 Å². The lowest BCUT2D eigenvalue weighted by Gasteiger charge is -2.14. The largest absolute Gasteiger partial charge is 0.453 e. The van der Waals surface area contributed by atoms with Crippen molar-refractivity contribution >= 4 is 21.5 Å². The Bertz CT molecular complexity index is 1100. The fraction of sp³-hybridized carbons (Fsp3) is 0. The van der Waals surface area contributed by atoms with Crippen molar-refractivity contribution in [2.24, 2.45) is 0 Å². The SMILES string of the molecule is N#Cc1ccc2ccccc2c1Oc1c(C#N)ccc2ccccc12. The van der Waals surface area contributed by atoms with Gasteiger partial charge in [0, 0.05) is 10.8 Å². The van der Waals surface area contributed by atoms with Crippen molar-refractivity contribution in [1.82, 2.24) is 0 Å². The van der Waals surface area contributed by atoms with E-state index in [1.807, 2.05) is 60.7 Å². The Morgan fingerprint density at radius 1 is 0.560 bits per heavy atom. The van der Waals surface area contributed by atoms with Gasteiger partial charge in [0.1, 0.15) is 12.1 Å². The molecular weight excluding hydrogens is 308 g/mol. The number of rotatable bonds is 2. The van der Waals surface area contributed by atoms with Gasteiger partial charge in [-0.1, -0.05) is 60.7 Å². The van der Waals surface area contributed by atoms with E-state index in [4.69, 9.17) is 4.74 Å². The minimum atomic E-state index is 0.440. The van der Waals surface area contributed by atoms with Gasteiger partial charge >= 0.3 is 0 Å². The average molecular weight is 320 g/mol. The van der Waals surface area contributed by atoms with Crippen LogP contribution in [0.15, 0.2) is 72.8 Å². The van der Waals surface area contributed by atoms with Crippen molar-refractivity contribution in [3.63, 3.8) is 0 Å². The van der Waals surface area contributed by atoms with Crippen LogP contribution >= 0.6 is 0 Å².